The third kappa shape index (κ3) is 2.54. The van der Waals surface area contributed by atoms with Crippen LogP contribution < -0.4 is 10.6 Å². The first-order valence-corrected chi connectivity index (χ1v) is 5.43. The number of aliphatic hydroxyl groups excluding tert-OH is 1. The molecule has 17 heavy (non-hydrogen) atoms. The molecule has 1 amide bonds. The maximum atomic E-state index is 10.9. The number of carbonyl (C=O) groups excluding carboxylic acids is 1. The second kappa shape index (κ2) is 5.11. The normalized spacial score (nSPS) is 20.3. The van der Waals surface area contributed by atoms with Gasteiger partial charge in [0.15, 0.2) is 0 Å². The highest BCUT2D eigenvalue weighted by Crippen LogP contribution is 2.17. The minimum atomic E-state index is -0.496. The van der Waals surface area contributed by atoms with E-state index in [1.54, 1.807) is 12.1 Å². The van der Waals surface area contributed by atoms with Crippen LogP contribution in [-0.2, 0) is 4.74 Å². The Labute approximate surface area is 99.0 Å². The summed E-state index contributed by atoms with van der Waals surface area (Å²) >= 11 is 0. The fourth-order valence-electron chi connectivity index (χ4n) is 1.81. The molecule has 1 aliphatic heterocycles. The van der Waals surface area contributed by atoms with Crippen molar-refractivity contribution in [1.29, 1.82) is 0 Å². The number of primary amides is 1. The van der Waals surface area contributed by atoms with Crippen LogP contribution in [-0.4, -0.2) is 48.4 Å². The number of hydrogen-bond donors (Lipinski definition) is 2. The smallest absolute Gasteiger partial charge is 0.250 e. The highest BCUT2D eigenvalue weighted by atomic mass is 16.5. The molecule has 0 radical (unpaired) electrons. The fourth-order valence-corrected chi connectivity index (χ4v) is 1.81. The van der Waals surface area contributed by atoms with E-state index in [1.807, 2.05) is 4.90 Å². The van der Waals surface area contributed by atoms with E-state index < -0.39 is 5.91 Å². The first-order valence-electron chi connectivity index (χ1n) is 5.43. The molecule has 1 aromatic rings. The van der Waals surface area contributed by atoms with Crippen molar-refractivity contribution in [2.24, 2.45) is 5.73 Å². The second-order valence-corrected chi connectivity index (χ2v) is 3.87. The first kappa shape index (κ1) is 11.8. The molecule has 1 unspecified atom stereocenters. The third-order valence-electron chi connectivity index (χ3n) is 2.76. The SMILES string of the molecule is NC(=O)c1ccc(N2CCOCC2CO)nc1. The maximum absolute atomic E-state index is 10.9. The Balaban J connectivity index is 2.17. The molecule has 0 spiro atoms. The van der Waals surface area contributed by atoms with E-state index in [-0.39, 0.29) is 12.6 Å². The largest absolute Gasteiger partial charge is 0.394 e. The quantitative estimate of drug-likeness (QED) is 0.731. The highest BCUT2D eigenvalue weighted by Gasteiger charge is 2.23. The van der Waals surface area contributed by atoms with Crippen molar-refractivity contribution < 1.29 is 14.6 Å². The number of ether oxygens (including phenoxy) is 1. The molecule has 3 N–H and O–H groups in total. The van der Waals surface area contributed by atoms with Crippen LogP contribution in [0.2, 0.25) is 0 Å². The summed E-state index contributed by atoms with van der Waals surface area (Å²) in [6.07, 6.45) is 1.45. The van der Waals surface area contributed by atoms with E-state index in [1.165, 1.54) is 6.20 Å². The van der Waals surface area contributed by atoms with E-state index >= 15 is 0 Å². The number of pyridine rings is 1. The lowest BCUT2D eigenvalue weighted by molar-refractivity contribution is 0.0722. The lowest BCUT2D eigenvalue weighted by atomic mass is 10.2. The predicted molar refractivity (Wildman–Crippen MR) is 61.8 cm³/mol. The zero-order valence-electron chi connectivity index (χ0n) is 9.37. The highest BCUT2D eigenvalue weighted by molar-refractivity contribution is 5.92. The van der Waals surface area contributed by atoms with Gasteiger partial charge in [-0.25, -0.2) is 4.98 Å². The first-order chi connectivity index (χ1) is 8.22. The van der Waals surface area contributed by atoms with Gasteiger partial charge in [0.05, 0.1) is 31.4 Å². The number of nitrogens with zero attached hydrogens (tertiary/aromatic N) is 2. The van der Waals surface area contributed by atoms with Crippen molar-refractivity contribution in [2.75, 3.05) is 31.3 Å². The minimum Gasteiger partial charge on any atom is -0.394 e. The summed E-state index contributed by atoms with van der Waals surface area (Å²) in [4.78, 5) is 17.1. The Morgan fingerprint density at radius 2 is 2.47 bits per heavy atom. The predicted octanol–water partition coefficient (Wildman–Crippen LogP) is -0.622. The van der Waals surface area contributed by atoms with Crippen LogP contribution in [0.3, 0.4) is 0 Å². The number of morpholine rings is 1. The summed E-state index contributed by atoms with van der Waals surface area (Å²) in [5, 5.41) is 9.24. The van der Waals surface area contributed by atoms with Gasteiger partial charge in [0, 0.05) is 12.7 Å². The number of amides is 1. The van der Waals surface area contributed by atoms with Gasteiger partial charge < -0.3 is 20.5 Å². The average molecular weight is 237 g/mol. The van der Waals surface area contributed by atoms with Gasteiger partial charge in [-0.05, 0) is 12.1 Å². The van der Waals surface area contributed by atoms with Crippen LogP contribution in [0, 0.1) is 0 Å². The van der Waals surface area contributed by atoms with Gasteiger partial charge in [-0.3, -0.25) is 4.79 Å². The molecule has 1 saturated heterocycles. The fraction of sp³-hybridized carbons (Fsp3) is 0.455. The molecule has 0 aliphatic carbocycles. The van der Waals surface area contributed by atoms with Crippen LogP contribution in [0.5, 0.6) is 0 Å². The summed E-state index contributed by atoms with van der Waals surface area (Å²) in [5.74, 6) is 0.224. The maximum Gasteiger partial charge on any atom is 0.250 e. The molecule has 6 heteroatoms. The topological polar surface area (TPSA) is 88.7 Å². The molecular formula is C11H15N3O3. The summed E-state index contributed by atoms with van der Waals surface area (Å²) in [6.45, 7) is 1.78. The summed E-state index contributed by atoms with van der Waals surface area (Å²) in [5.41, 5.74) is 5.52. The van der Waals surface area contributed by atoms with Crippen molar-refractivity contribution in [1.82, 2.24) is 4.98 Å². The molecule has 2 heterocycles. The number of nitrogens with two attached hydrogens (primary N) is 1. The van der Waals surface area contributed by atoms with E-state index in [0.29, 0.717) is 25.3 Å². The van der Waals surface area contributed by atoms with E-state index in [0.717, 1.165) is 5.82 Å². The van der Waals surface area contributed by atoms with E-state index in [9.17, 15) is 9.90 Å². The molecule has 0 aromatic carbocycles. The minimum absolute atomic E-state index is 0.0131. The van der Waals surface area contributed by atoms with Crippen LogP contribution in [0.25, 0.3) is 0 Å². The number of rotatable bonds is 3. The molecule has 6 nitrogen and oxygen atoms in total. The Bertz CT molecular complexity index is 393. The van der Waals surface area contributed by atoms with Crippen molar-refractivity contribution >= 4 is 11.7 Å². The van der Waals surface area contributed by atoms with Gasteiger partial charge in [-0.1, -0.05) is 0 Å². The van der Waals surface area contributed by atoms with Gasteiger partial charge in [0.25, 0.3) is 0 Å². The average Bonchev–Trinajstić information content (AvgIpc) is 2.39. The standard InChI is InChI=1S/C11H15N3O3/c12-11(16)8-1-2-10(13-5-8)14-3-4-17-7-9(14)6-15/h1-2,5,9,15H,3-4,6-7H2,(H2,12,16). The Hall–Kier alpha value is -1.66. The van der Waals surface area contributed by atoms with Gasteiger partial charge in [-0.15, -0.1) is 0 Å². The molecule has 1 aromatic heterocycles. The molecule has 0 bridgehead atoms. The zero-order valence-corrected chi connectivity index (χ0v) is 9.37. The Morgan fingerprint density at radius 3 is 3.06 bits per heavy atom. The summed E-state index contributed by atoms with van der Waals surface area (Å²) < 4.78 is 5.28. The monoisotopic (exact) mass is 237 g/mol. The molecule has 1 fully saturated rings. The molecule has 1 atom stereocenters. The van der Waals surface area contributed by atoms with Crippen LogP contribution in [0.1, 0.15) is 10.4 Å². The van der Waals surface area contributed by atoms with Crippen LogP contribution >= 0.6 is 0 Å². The van der Waals surface area contributed by atoms with Crippen molar-refractivity contribution in [3.63, 3.8) is 0 Å². The van der Waals surface area contributed by atoms with Crippen LogP contribution in [0.4, 0.5) is 5.82 Å². The van der Waals surface area contributed by atoms with Crippen molar-refractivity contribution in [3.8, 4) is 0 Å². The van der Waals surface area contributed by atoms with Gasteiger partial charge >= 0.3 is 0 Å². The van der Waals surface area contributed by atoms with Gasteiger partial charge in [-0.2, -0.15) is 0 Å². The lowest BCUT2D eigenvalue weighted by Crippen LogP contribution is -2.48. The van der Waals surface area contributed by atoms with E-state index in [2.05, 4.69) is 4.98 Å². The Kier molecular flexibility index (Phi) is 3.55. The molecular weight excluding hydrogens is 222 g/mol. The van der Waals surface area contributed by atoms with Gasteiger partial charge in [0.2, 0.25) is 5.91 Å². The Morgan fingerprint density at radius 1 is 1.65 bits per heavy atom. The zero-order chi connectivity index (χ0) is 12.3. The number of carbonyl (C=O) groups is 1. The van der Waals surface area contributed by atoms with Crippen LogP contribution in [0.15, 0.2) is 18.3 Å². The molecule has 92 valence electrons. The summed E-state index contributed by atoms with van der Waals surface area (Å²) in [7, 11) is 0. The molecule has 1 aliphatic rings. The third-order valence-corrected chi connectivity index (χ3v) is 2.76. The van der Waals surface area contributed by atoms with Crippen molar-refractivity contribution in [2.45, 2.75) is 6.04 Å². The number of anilines is 1. The lowest BCUT2D eigenvalue weighted by Gasteiger charge is -2.35. The van der Waals surface area contributed by atoms with Crippen molar-refractivity contribution in [3.05, 3.63) is 23.9 Å². The number of aromatic nitrogens is 1. The van der Waals surface area contributed by atoms with Gasteiger partial charge in [0.1, 0.15) is 5.82 Å². The second-order valence-electron chi connectivity index (χ2n) is 3.87. The summed E-state index contributed by atoms with van der Waals surface area (Å²) in [6, 6.07) is 3.28. The molecule has 2 rings (SSSR count). The van der Waals surface area contributed by atoms with E-state index in [4.69, 9.17) is 10.5 Å². The molecule has 0 saturated carbocycles. The number of hydrogen-bond acceptors (Lipinski definition) is 5. The number of aliphatic hydroxyl groups is 1.